The molecule has 6 nitrogen and oxygen atoms in total. The maximum Gasteiger partial charge on any atom is 0.247 e. The van der Waals surface area contributed by atoms with Crippen molar-refractivity contribution in [3.05, 3.63) is 88.4 Å². The second-order valence-electron chi connectivity index (χ2n) is 9.06. The van der Waals surface area contributed by atoms with Crippen LogP contribution in [0, 0.1) is 13.8 Å². The molecule has 1 fully saturated rings. The SMILES string of the molecule is Cc1cc(C)c2nc(N(Cc3ccccc3)C(=O)C3CCCN3S(=O)(=O)c3ccc(Cl)cc3)sc2c1. The molecule has 1 saturated heterocycles. The monoisotopic (exact) mass is 539 g/mol. The average molecular weight is 540 g/mol. The van der Waals surface area contributed by atoms with Gasteiger partial charge in [-0.15, -0.1) is 0 Å². The van der Waals surface area contributed by atoms with Crippen LogP contribution in [0.4, 0.5) is 5.13 Å². The van der Waals surface area contributed by atoms with Crippen molar-refractivity contribution in [1.82, 2.24) is 9.29 Å². The molecule has 1 aliphatic heterocycles. The molecule has 3 aromatic carbocycles. The van der Waals surface area contributed by atoms with E-state index in [1.165, 1.54) is 27.8 Å². The Bertz CT molecular complexity index is 1520. The Hall–Kier alpha value is -2.78. The highest BCUT2D eigenvalue weighted by Crippen LogP contribution is 2.35. The molecule has 0 radical (unpaired) electrons. The van der Waals surface area contributed by atoms with Gasteiger partial charge in [0.15, 0.2) is 5.13 Å². The fraction of sp³-hybridized carbons (Fsp3) is 0.259. The van der Waals surface area contributed by atoms with Crippen LogP contribution in [-0.4, -0.2) is 36.2 Å². The van der Waals surface area contributed by atoms with Crippen LogP contribution in [0.2, 0.25) is 5.02 Å². The summed E-state index contributed by atoms with van der Waals surface area (Å²) < 4.78 is 29.3. The van der Waals surface area contributed by atoms with Crippen LogP contribution in [0.15, 0.2) is 71.6 Å². The number of carbonyl (C=O) groups is 1. The van der Waals surface area contributed by atoms with Crippen molar-refractivity contribution >= 4 is 54.2 Å². The molecule has 1 aromatic heterocycles. The van der Waals surface area contributed by atoms with Gasteiger partial charge in [0.1, 0.15) is 6.04 Å². The Morgan fingerprint density at radius 1 is 1.11 bits per heavy atom. The first-order chi connectivity index (χ1) is 17.2. The van der Waals surface area contributed by atoms with Crippen LogP contribution in [0.1, 0.15) is 29.5 Å². The molecule has 1 atom stereocenters. The number of hydrogen-bond donors (Lipinski definition) is 0. The molecule has 36 heavy (non-hydrogen) atoms. The summed E-state index contributed by atoms with van der Waals surface area (Å²) in [7, 11) is -3.86. The zero-order valence-electron chi connectivity index (χ0n) is 20.0. The van der Waals surface area contributed by atoms with E-state index in [-0.39, 0.29) is 10.8 Å². The van der Waals surface area contributed by atoms with E-state index >= 15 is 0 Å². The summed E-state index contributed by atoms with van der Waals surface area (Å²) in [5, 5.41) is 1.03. The number of carbonyl (C=O) groups excluding carboxylic acids is 1. The number of benzene rings is 3. The van der Waals surface area contributed by atoms with Gasteiger partial charge in [0, 0.05) is 11.6 Å². The van der Waals surface area contributed by atoms with E-state index < -0.39 is 16.1 Å². The van der Waals surface area contributed by atoms with Crippen LogP contribution in [0.5, 0.6) is 0 Å². The lowest BCUT2D eigenvalue weighted by molar-refractivity contribution is -0.121. The molecule has 0 spiro atoms. The van der Waals surface area contributed by atoms with E-state index in [9.17, 15) is 13.2 Å². The van der Waals surface area contributed by atoms with E-state index in [0.717, 1.165) is 26.9 Å². The first kappa shape index (κ1) is 24.9. The molecule has 0 bridgehead atoms. The zero-order valence-corrected chi connectivity index (χ0v) is 22.4. The highest BCUT2D eigenvalue weighted by molar-refractivity contribution is 7.89. The third-order valence-electron chi connectivity index (χ3n) is 6.41. The van der Waals surface area contributed by atoms with Gasteiger partial charge < -0.3 is 0 Å². The van der Waals surface area contributed by atoms with E-state index in [2.05, 4.69) is 12.1 Å². The van der Waals surface area contributed by atoms with Crippen LogP contribution in [0.3, 0.4) is 0 Å². The third-order valence-corrected chi connectivity index (χ3v) is 9.61. The Morgan fingerprint density at radius 3 is 2.56 bits per heavy atom. The van der Waals surface area contributed by atoms with E-state index in [0.29, 0.717) is 36.1 Å². The standard InChI is InChI=1S/C27H26ClN3O3S2/c1-18-15-19(2)25-24(16-18)35-27(29-25)30(17-20-7-4-3-5-8-20)26(32)23-9-6-14-31(23)36(33,34)22-12-10-21(28)11-13-22/h3-5,7-8,10-13,15-16,23H,6,9,14,17H2,1-2H3. The summed E-state index contributed by atoms with van der Waals surface area (Å²) >= 11 is 7.42. The Labute approximate surface area is 220 Å². The number of aromatic nitrogens is 1. The molecule has 1 aliphatic rings. The van der Waals surface area contributed by atoms with Gasteiger partial charge in [-0.1, -0.05) is 59.3 Å². The topological polar surface area (TPSA) is 70.6 Å². The summed E-state index contributed by atoms with van der Waals surface area (Å²) in [6, 6.07) is 19.1. The Balaban J connectivity index is 1.54. The fourth-order valence-electron chi connectivity index (χ4n) is 4.68. The van der Waals surface area contributed by atoms with Gasteiger partial charge in [0.05, 0.1) is 21.7 Å². The summed E-state index contributed by atoms with van der Waals surface area (Å²) in [6.45, 7) is 4.65. The van der Waals surface area contributed by atoms with E-state index in [1.54, 1.807) is 17.0 Å². The first-order valence-electron chi connectivity index (χ1n) is 11.7. The summed E-state index contributed by atoms with van der Waals surface area (Å²) in [4.78, 5) is 20.7. The number of fused-ring (bicyclic) bond motifs is 1. The van der Waals surface area contributed by atoms with Crippen molar-refractivity contribution in [1.29, 1.82) is 0 Å². The van der Waals surface area contributed by atoms with E-state index in [1.807, 2.05) is 44.2 Å². The average Bonchev–Trinajstić information content (AvgIpc) is 3.51. The molecule has 0 saturated carbocycles. The Kier molecular flexibility index (Phi) is 6.87. The number of sulfonamides is 1. The van der Waals surface area contributed by atoms with Crippen molar-refractivity contribution < 1.29 is 13.2 Å². The molecule has 0 aliphatic carbocycles. The van der Waals surface area contributed by atoms with Crippen molar-refractivity contribution in [2.24, 2.45) is 0 Å². The van der Waals surface area contributed by atoms with Gasteiger partial charge in [-0.25, -0.2) is 13.4 Å². The molecule has 1 unspecified atom stereocenters. The second-order valence-corrected chi connectivity index (χ2v) is 12.4. The largest absolute Gasteiger partial charge is 0.282 e. The van der Waals surface area contributed by atoms with Crippen molar-refractivity contribution in [2.75, 3.05) is 11.4 Å². The number of hydrogen-bond acceptors (Lipinski definition) is 5. The molecule has 5 rings (SSSR count). The quantitative estimate of drug-likeness (QED) is 0.303. The van der Waals surface area contributed by atoms with Crippen molar-refractivity contribution in [3.8, 4) is 0 Å². The minimum Gasteiger partial charge on any atom is -0.282 e. The van der Waals surface area contributed by atoms with E-state index in [4.69, 9.17) is 16.6 Å². The van der Waals surface area contributed by atoms with Gasteiger partial charge in [0.2, 0.25) is 15.9 Å². The fourth-order valence-corrected chi connectivity index (χ4v) is 7.60. The molecule has 0 N–H and O–H groups in total. The number of aryl methyl sites for hydroxylation is 2. The maximum atomic E-state index is 14.1. The zero-order chi connectivity index (χ0) is 25.4. The second kappa shape index (κ2) is 9.94. The summed E-state index contributed by atoms with van der Waals surface area (Å²) in [6.07, 6.45) is 1.07. The maximum absolute atomic E-state index is 14.1. The first-order valence-corrected chi connectivity index (χ1v) is 14.4. The lowest BCUT2D eigenvalue weighted by Gasteiger charge is -2.28. The van der Waals surface area contributed by atoms with Gasteiger partial charge in [-0.2, -0.15) is 4.31 Å². The lowest BCUT2D eigenvalue weighted by Crippen LogP contribution is -2.47. The number of anilines is 1. The highest BCUT2D eigenvalue weighted by Gasteiger charge is 2.42. The highest BCUT2D eigenvalue weighted by atomic mass is 35.5. The lowest BCUT2D eigenvalue weighted by atomic mass is 10.1. The molecule has 1 amide bonds. The van der Waals surface area contributed by atoms with Gasteiger partial charge in [-0.05, 0) is 73.7 Å². The van der Waals surface area contributed by atoms with Gasteiger partial charge in [-0.3, -0.25) is 9.69 Å². The minimum atomic E-state index is -3.86. The third kappa shape index (κ3) is 4.78. The van der Waals surface area contributed by atoms with Crippen molar-refractivity contribution in [3.63, 3.8) is 0 Å². The molecular weight excluding hydrogens is 514 g/mol. The number of thiazole rings is 1. The number of amides is 1. The van der Waals surface area contributed by atoms with Gasteiger partial charge >= 0.3 is 0 Å². The van der Waals surface area contributed by atoms with Crippen LogP contribution >= 0.6 is 22.9 Å². The van der Waals surface area contributed by atoms with Crippen LogP contribution < -0.4 is 4.90 Å². The number of rotatable bonds is 6. The molecule has 2 heterocycles. The minimum absolute atomic E-state index is 0.132. The van der Waals surface area contributed by atoms with Crippen LogP contribution in [-0.2, 0) is 21.4 Å². The predicted octanol–water partition coefficient (Wildman–Crippen LogP) is 5.95. The molecule has 4 aromatic rings. The smallest absolute Gasteiger partial charge is 0.247 e. The van der Waals surface area contributed by atoms with Gasteiger partial charge in [0.25, 0.3) is 0 Å². The molecule has 9 heteroatoms. The number of nitrogens with zero attached hydrogens (tertiary/aromatic N) is 3. The number of halogens is 1. The van der Waals surface area contributed by atoms with Crippen molar-refractivity contribution in [2.45, 2.75) is 44.2 Å². The summed E-state index contributed by atoms with van der Waals surface area (Å²) in [5.41, 5.74) is 3.99. The molecule has 186 valence electrons. The van der Waals surface area contributed by atoms with Crippen LogP contribution in [0.25, 0.3) is 10.2 Å². The Morgan fingerprint density at radius 2 is 1.83 bits per heavy atom. The predicted molar refractivity (Wildman–Crippen MR) is 145 cm³/mol. The normalized spacial score (nSPS) is 16.5. The summed E-state index contributed by atoms with van der Waals surface area (Å²) in [5.74, 6) is -0.262. The molecular formula is C27H26ClN3O3S2.